The molecule has 2 unspecified atom stereocenters. The number of anilines is 1. The van der Waals surface area contributed by atoms with Gasteiger partial charge in [0.25, 0.3) is 0 Å². The van der Waals surface area contributed by atoms with Gasteiger partial charge >= 0.3 is 0 Å². The van der Waals surface area contributed by atoms with Gasteiger partial charge in [-0.25, -0.2) is 0 Å². The van der Waals surface area contributed by atoms with Crippen molar-refractivity contribution < 1.29 is 4.79 Å². The fraction of sp³-hybridized carbons (Fsp3) is 0.526. The highest BCUT2D eigenvalue weighted by molar-refractivity contribution is 8.00. The Hall–Kier alpha value is -1.82. The van der Waals surface area contributed by atoms with Gasteiger partial charge in [0.05, 0.1) is 5.25 Å². The maximum absolute atomic E-state index is 13.1. The highest BCUT2D eigenvalue weighted by atomic mass is 32.2. The summed E-state index contributed by atoms with van der Waals surface area (Å²) in [7, 11) is 0. The molecule has 1 fully saturated rings. The van der Waals surface area contributed by atoms with E-state index in [0.717, 1.165) is 29.6 Å². The average molecular weight is 356 g/mol. The lowest BCUT2D eigenvalue weighted by molar-refractivity contribution is -0.118. The van der Waals surface area contributed by atoms with Gasteiger partial charge in [0, 0.05) is 24.2 Å². The molecule has 0 saturated heterocycles. The van der Waals surface area contributed by atoms with E-state index in [-0.39, 0.29) is 17.2 Å². The van der Waals surface area contributed by atoms with E-state index in [0.29, 0.717) is 5.92 Å². The first-order valence-electron chi connectivity index (χ1n) is 9.10. The van der Waals surface area contributed by atoms with Crippen molar-refractivity contribution in [1.29, 1.82) is 0 Å². The summed E-state index contributed by atoms with van der Waals surface area (Å²) in [5, 5.41) is 9.42. The van der Waals surface area contributed by atoms with Crippen molar-refractivity contribution in [3.8, 4) is 0 Å². The Morgan fingerprint density at radius 2 is 2.08 bits per heavy atom. The van der Waals surface area contributed by atoms with Crippen LogP contribution in [0.4, 0.5) is 5.69 Å². The summed E-state index contributed by atoms with van der Waals surface area (Å²) in [5.41, 5.74) is 2.32. The fourth-order valence-corrected chi connectivity index (χ4v) is 4.60. The van der Waals surface area contributed by atoms with Crippen LogP contribution in [0.1, 0.15) is 50.9 Å². The number of aromatic nitrogens is 3. The van der Waals surface area contributed by atoms with Gasteiger partial charge in [-0.3, -0.25) is 4.79 Å². The number of carbonyl (C=O) groups is 1. The smallest absolute Gasteiger partial charge is 0.240 e. The Bertz CT molecular complexity index is 798. The van der Waals surface area contributed by atoms with Crippen molar-refractivity contribution in [1.82, 2.24) is 14.8 Å². The van der Waals surface area contributed by atoms with Gasteiger partial charge in [-0.1, -0.05) is 30.0 Å². The molecule has 1 aliphatic carbocycles. The Labute approximate surface area is 152 Å². The number of hydrogen-bond acceptors (Lipinski definition) is 4. The summed E-state index contributed by atoms with van der Waals surface area (Å²) in [6.45, 7) is 7.07. The monoisotopic (exact) mass is 356 g/mol. The van der Waals surface area contributed by atoms with Crippen LogP contribution < -0.4 is 4.90 Å². The van der Waals surface area contributed by atoms with E-state index < -0.39 is 0 Å². The first kappa shape index (κ1) is 16.6. The van der Waals surface area contributed by atoms with Crippen molar-refractivity contribution in [2.75, 3.05) is 4.90 Å². The van der Waals surface area contributed by atoms with E-state index in [1.165, 1.54) is 30.2 Å². The van der Waals surface area contributed by atoms with Crippen molar-refractivity contribution >= 4 is 23.4 Å². The van der Waals surface area contributed by atoms with E-state index in [1.54, 1.807) is 0 Å². The normalized spacial score (nSPS) is 20.6. The van der Waals surface area contributed by atoms with Gasteiger partial charge in [-0.15, -0.1) is 10.2 Å². The van der Waals surface area contributed by atoms with Crippen LogP contribution in [0.3, 0.4) is 0 Å². The van der Waals surface area contributed by atoms with Gasteiger partial charge in [0.2, 0.25) is 5.91 Å². The Morgan fingerprint density at radius 1 is 1.32 bits per heavy atom. The zero-order chi connectivity index (χ0) is 17.6. The lowest BCUT2D eigenvalue weighted by atomic mass is 10.1. The Kier molecular flexibility index (Phi) is 4.31. The first-order chi connectivity index (χ1) is 12.1. The van der Waals surface area contributed by atoms with Crippen molar-refractivity contribution in [2.24, 2.45) is 0 Å². The summed E-state index contributed by atoms with van der Waals surface area (Å²) >= 11 is 1.53. The van der Waals surface area contributed by atoms with Crippen molar-refractivity contribution in [3.05, 3.63) is 35.7 Å². The van der Waals surface area contributed by atoms with E-state index in [2.05, 4.69) is 34.7 Å². The summed E-state index contributed by atoms with van der Waals surface area (Å²) in [4.78, 5) is 15.1. The summed E-state index contributed by atoms with van der Waals surface area (Å²) in [6.07, 6.45) is 3.34. The van der Waals surface area contributed by atoms with Gasteiger partial charge < -0.3 is 9.47 Å². The van der Waals surface area contributed by atoms with Gasteiger partial charge in [-0.05, 0) is 51.7 Å². The number of fused-ring (bicyclic) bond motifs is 1. The highest BCUT2D eigenvalue weighted by Gasteiger charge is 2.35. The molecule has 2 heterocycles. The second-order valence-corrected chi connectivity index (χ2v) is 8.32. The molecule has 2 aliphatic rings. The van der Waals surface area contributed by atoms with Crippen LogP contribution in [0.2, 0.25) is 0 Å². The highest BCUT2D eigenvalue weighted by Crippen LogP contribution is 2.40. The second-order valence-electron chi connectivity index (χ2n) is 7.01. The number of hydrogen-bond donors (Lipinski definition) is 0. The third kappa shape index (κ3) is 2.97. The maximum atomic E-state index is 13.1. The fourth-order valence-electron chi connectivity index (χ4n) is 3.63. The molecule has 0 spiro atoms. The SMILES string of the molecule is CCn1c(SC(C)C(=O)N2c3ccccc3CC2C)nnc1C1CC1. The molecule has 0 radical (unpaired) electrons. The molecular formula is C19H24N4OS. The third-order valence-corrected chi connectivity index (χ3v) is 6.15. The minimum atomic E-state index is -0.185. The first-order valence-corrected chi connectivity index (χ1v) is 9.98. The maximum Gasteiger partial charge on any atom is 0.240 e. The van der Waals surface area contributed by atoms with E-state index in [4.69, 9.17) is 0 Å². The van der Waals surface area contributed by atoms with Crippen LogP contribution in [-0.4, -0.2) is 32.0 Å². The molecule has 1 amide bonds. The molecule has 5 nitrogen and oxygen atoms in total. The number of para-hydroxylation sites is 1. The van der Waals surface area contributed by atoms with Crippen LogP contribution in [0, 0.1) is 0 Å². The molecule has 1 saturated carbocycles. The molecular weight excluding hydrogens is 332 g/mol. The molecule has 0 bridgehead atoms. The lowest BCUT2D eigenvalue weighted by Gasteiger charge is -2.25. The number of amides is 1. The average Bonchev–Trinajstić information content (AvgIpc) is 3.28. The second kappa shape index (κ2) is 6.48. The standard InChI is InChI=1S/C19H24N4OS/c1-4-22-17(14-9-10-14)20-21-19(22)25-13(3)18(24)23-12(2)11-15-7-5-6-8-16(15)23/h5-8,12-14H,4,9-11H2,1-3H3. The number of benzene rings is 1. The number of rotatable bonds is 5. The van der Waals surface area contributed by atoms with E-state index in [1.807, 2.05) is 30.0 Å². The summed E-state index contributed by atoms with van der Waals surface area (Å²) in [6, 6.07) is 8.42. The zero-order valence-electron chi connectivity index (χ0n) is 15.0. The van der Waals surface area contributed by atoms with Gasteiger partial charge in [0.1, 0.15) is 5.82 Å². The summed E-state index contributed by atoms with van der Waals surface area (Å²) < 4.78 is 2.17. The minimum absolute atomic E-state index is 0.154. The van der Waals surface area contributed by atoms with Gasteiger partial charge in [-0.2, -0.15) is 0 Å². The molecule has 6 heteroatoms. The van der Waals surface area contributed by atoms with E-state index in [9.17, 15) is 4.79 Å². The summed E-state index contributed by atoms with van der Waals surface area (Å²) in [5.74, 6) is 1.81. The molecule has 2 aromatic rings. The predicted octanol–water partition coefficient (Wildman–Crippen LogP) is 3.63. The minimum Gasteiger partial charge on any atom is -0.308 e. The van der Waals surface area contributed by atoms with E-state index >= 15 is 0 Å². The molecule has 4 rings (SSSR count). The molecule has 1 aromatic heterocycles. The van der Waals surface area contributed by atoms with Gasteiger partial charge in [0.15, 0.2) is 5.16 Å². The van der Waals surface area contributed by atoms with Crippen LogP contribution in [0.15, 0.2) is 29.4 Å². The van der Waals surface area contributed by atoms with Crippen LogP contribution >= 0.6 is 11.8 Å². The molecule has 132 valence electrons. The lowest BCUT2D eigenvalue weighted by Crippen LogP contribution is -2.40. The van der Waals surface area contributed by atoms with Crippen LogP contribution in [0.25, 0.3) is 0 Å². The number of carbonyl (C=O) groups excluding carboxylic acids is 1. The predicted molar refractivity (Wildman–Crippen MR) is 100 cm³/mol. The Balaban J connectivity index is 1.53. The number of nitrogens with zero attached hydrogens (tertiary/aromatic N) is 4. The zero-order valence-corrected chi connectivity index (χ0v) is 15.8. The topological polar surface area (TPSA) is 51.0 Å². The largest absolute Gasteiger partial charge is 0.308 e. The molecule has 2 atom stereocenters. The molecule has 1 aromatic carbocycles. The van der Waals surface area contributed by atoms with Crippen molar-refractivity contribution in [3.63, 3.8) is 0 Å². The van der Waals surface area contributed by atoms with Crippen LogP contribution in [-0.2, 0) is 17.8 Å². The molecule has 0 N–H and O–H groups in total. The Morgan fingerprint density at radius 3 is 2.80 bits per heavy atom. The molecule has 1 aliphatic heterocycles. The molecule has 25 heavy (non-hydrogen) atoms. The van der Waals surface area contributed by atoms with Crippen molar-refractivity contribution in [2.45, 2.75) is 68.9 Å². The van der Waals surface area contributed by atoms with Crippen LogP contribution in [0.5, 0.6) is 0 Å². The number of thioether (sulfide) groups is 1. The third-order valence-electron chi connectivity index (χ3n) is 5.08. The quantitative estimate of drug-likeness (QED) is 0.768.